The number of rotatable bonds is 9. The van der Waals surface area contributed by atoms with Gasteiger partial charge in [-0.15, -0.1) is 0 Å². The van der Waals surface area contributed by atoms with Crippen LogP contribution in [-0.2, 0) is 28.8 Å². The summed E-state index contributed by atoms with van der Waals surface area (Å²) in [5, 5.41) is 0. The van der Waals surface area contributed by atoms with E-state index in [9.17, 15) is 4.79 Å². The minimum Gasteiger partial charge on any atom is -0.493 e. The second-order valence-electron chi connectivity index (χ2n) is 5.57. The maximum absolute atomic E-state index is 11.5. The third-order valence-electron chi connectivity index (χ3n) is 3.71. The quantitative estimate of drug-likeness (QED) is 0.505. The minimum atomic E-state index is -0.417. The Hall–Kier alpha value is -2.27. The molecule has 132 valence electrons. The Kier molecular flexibility index (Phi) is 7.54. The largest absolute Gasteiger partial charge is 0.493 e. The van der Waals surface area contributed by atoms with Crippen LogP contribution in [0.1, 0.15) is 30.7 Å². The molecule has 0 atom stereocenters. The number of hydrogen-bond donors (Lipinski definition) is 0. The fourth-order valence-corrected chi connectivity index (χ4v) is 2.48. The summed E-state index contributed by atoms with van der Waals surface area (Å²) in [6.07, 6.45) is 4.08. The number of benzene rings is 1. The summed E-state index contributed by atoms with van der Waals surface area (Å²) in [7, 11) is 0. The number of thiocarbonyl (C=S) groups is 1. The summed E-state index contributed by atoms with van der Waals surface area (Å²) in [6.45, 7) is 4.78. The van der Waals surface area contributed by atoms with Crippen LogP contribution in [0.25, 0.3) is 0 Å². The summed E-state index contributed by atoms with van der Waals surface area (Å²) in [4.78, 5) is 16.2. The molecule has 0 bridgehead atoms. The van der Waals surface area contributed by atoms with Crippen molar-refractivity contribution < 1.29 is 14.3 Å². The van der Waals surface area contributed by atoms with E-state index >= 15 is 0 Å². The van der Waals surface area contributed by atoms with E-state index in [0.717, 1.165) is 29.8 Å². The molecule has 2 rings (SSSR count). The molecule has 0 spiro atoms. The van der Waals surface area contributed by atoms with E-state index in [4.69, 9.17) is 21.7 Å². The molecule has 0 radical (unpaired) electrons. The van der Waals surface area contributed by atoms with Crippen LogP contribution in [0.3, 0.4) is 0 Å². The summed E-state index contributed by atoms with van der Waals surface area (Å²) in [5.74, 6) is 0.371. The second-order valence-corrected chi connectivity index (χ2v) is 6.07. The molecule has 0 unspecified atom stereocenters. The molecule has 5 heteroatoms. The van der Waals surface area contributed by atoms with Gasteiger partial charge in [0.15, 0.2) is 0 Å². The van der Waals surface area contributed by atoms with Crippen molar-refractivity contribution in [3.05, 3.63) is 59.4 Å². The molecule has 0 aliphatic heterocycles. The van der Waals surface area contributed by atoms with E-state index in [1.807, 2.05) is 36.5 Å². The molecule has 4 nitrogen and oxygen atoms in total. The van der Waals surface area contributed by atoms with Gasteiger partial charge < -0.3 is 9.47 Å². The van der Waals surface area contributed by atoms with Crippen molar-refractivity contribution in [3.63, 3.8) is 0 Å². The molecule has 0 fully saturated rings. The van der Waals surface area contributed by atoms with Gasteiger partial charge in [-0.1, -0.05) is 37.3 Å². The van der Waals surface area contributed by atoms with Gasteiger partial charge in [-0.25, -0.2) is 4.79 Å². The Bertz CT molecular complexity index is 696. The van der Waals surface area contributed by atoms with Gasteiger partial charge in [0, 0.05) is 24.7 Å². The van der Waals surface area contributed by atoms with Crippen molar-refractivity contribution in [2.75, 3.05) is 13.2 Å². The van der Waals surface area contributed by atoms with Gasteiger partial charge in [-0.05, 0) is 42.7 Å². The Morgan fingerprint density at radius 1 is 1.08 bits per heavy atom. The molecule has 0 aliphatic carbocycles. The molecular formula is C20H23NO3S. The second kappa shape index (κ2) is 9.89. The van der Waals surface area contributed by atoms with Crippen LogP contribution in [0.4, 0.5) is 0 Å². The van der Waals surface area contributed by atoms with E-state index in [1.54, 1.807) is 6.92 Å². The van der Waals surface area contributed by atoms with Gasteiger partial charge in [0.1, 0.15) is 10.6 Å². The molecule has 0 amide bonds. The fourth-order valence-electron chi connectivity index (χ4n) is 2.26. The summed E-state index contributed by atoms with van der Waals surface area (Å²) < 4.78 is 10.6. The number of aryl methyl sites for hydroxylation is 1. The van der Waals surface area contributed by atoms with Crippen LogP contribution in [0, 0.1) is 0 Å². The molecule has 0 saturated heterocycles. The molecule has 2 aromatic rings. The maximum Gasteiger partial charge on any atom is 0.345 e. The summed E-state index contributed by atoms with van der Waals surface area (Å²) in [6, 6.07) is 11.7. The number of ether oxygens (including phenoxy) is 2. The Labute approximate surface area is 154 Å². The van der Waals surface area contributed by atoms with Crippen molar-refractivity contribution in [3.8, 4) is 5.75 Å². The number of esters is 1. The van der Waals surface area contributed by atoms with Gasteiger partial charge in [0.2, 0.25) is 0 Å². The van der Waals surface area contributed by atoms with Gasteiger partial charge in [-0.3, -0.25) is 4.98 Å². The number of carbonyl (C=O) groups is 1. The van der Waals surface area contributed by atoms with Gasteiger partial charge in [0.05, 0.1) is 13.2 Å². The van der Waals surface area contributed by atoms with Crippen LogP contribution in [0.2, 0.25) is 0 Å². The highest BCUT2D eigenvalue weighted by Gasteiger charge is 2.10. The van der Waals surface area contributed by atoms with Crippen LogP contribution in [0.15, 0.2) is 42.6 Å². The molecule has 0 saturated carbocycles. The minimum absolute atomic E-state index is 0.289. The standard InChI is InChI=1S/C20H23NO3S/c1-3-15-5-8-17(21-14-15)11-12-24-18-9-6-16(7-10-18)13-19(25)20(22)23-4-2/h5-10,14H,3-4,11-13H2,1-2H3. The van der Waals surface area contributed by atoms with Crippen LogP contribution in [0.5, 0.6) is 5.75 Å². The fraction of sp³-hybridized carbons (Fsp3) is 0.350. The topological polar surface area (TPSA) is 48.4 Å². The average Bonchev–Trinajstić information content (AvgIpc) is 2.64. The predicted octanol–water partition coefficient (Wildman–Crippen LogP) is 3.74. The van der Waals surface area contributed by atoms with Crippen molar-refractivity contribution >= 4 is 23.1 Å². The first-order valence-electron chi connectivity index (χ1n) is 8.47. The van der Waals surface area contributed by atoms with Crippen LogP contribution < -0.4 is 4.74 Å². The third kappa shape index (κ3) is 6.27. The lowest BCUT2D eigenvalue weighted by Gasteiger charge is -2.08. The zero-order valence-electron chi connectivity index (χ0n) is 14.7. The molecule has 25 heavy (non-hydrogen) atoms. The van der Waals surface area contributed by atoms with E-state index in [2.05, 4.69) is 18.0 Å². The van der Waals surface area contributed by atoms with Crippen molar-refractivity contribution in [2.45, 2.75) is 33.1 Å². The highest BCUT2D eigenvalue weighted by molar-refractivity contribution is 7.82. The molecule has 1 heterocycles. The zero-order valence-corrected chi connectivity index (χ0v) is 15.5. The molecule has 1 aromatic carbocycles. The van der Waals surface area contributed by atoms with Gasteiger partial charge >= 0.3 is 5.97 Å². The third-order valence-corrected chi connectivity index (χ3v) is 4.02. The molecule has 1 aromatic heterocycles. The number of nitrogens with zero attached hydrogens (tertiary/aromatic N) is 1. The SMILES string of the molecule is CCOC(=O)C(=S)Cc1ccc(OCCc2ccc(CC)cn2)cc1. The Morgan fingerprint density at radius 2 is 1.80 bits per heavy atom. The predicted molar refractivity (Wildman–Crippen MR) is 102 cm³/mol. The van der Waals surface area contributed by atoms with Crippen molar-refractivity contribution in [1.82, 2.24) is 4.98 Å². The van der Waals surface area contributed by atoms with Crippen molar-refractivity contribution in [1.29, 1.82) is 0 Å². The normalized spacial score (nSPS) is 10.3. The monoisotopic (exact) mass is 357 g/mol. The molecular weight excluding hydrogens is 334 g/mol. The lowest BCUT2D eigenvalue weighted by atomic mass is 10.1. The number of aromatic nitrogens is 1. The molecule has 0 N–H and O–H groups in total. The van der Waals surface area contributed by atoms with E-state index in [-0.39, 0.29) is 4.86 Å². The number of pyridine rings is 1. The van der Waals surface area contributed by atoms with E-state index < -0.39 is 5.97 Å². The first-order valence-corrected chi connectivity index (χ1v) is 8.88. The molecule has 0 aliphatic rings. The Balaban J connectivity index is 1.79. The number of hydrogen-bond acceptors (Lipinski definition) is 5. The summed E-state index contributed by atoms with van der Waals surface area (Å²) in [5.41, 5.74) is 3.22. The van der Waals surface area contributed by atoms with Gasteiger partial charge in [-0.2, -0.15) is 0 Å². The average molecular weight is 357 g/mol. The zero-order chi connectivity index (χ0) is 18.1. The smallest absolute Gasteiger partial charge is 0.345 e. The lowest BCUT2D eigenvalue weighted by molar-refractivity contribution is -0.134. The van der Waals surface area contributed by atoms with E-state index in [0.29, 0.717) is 19.6 Å². The Morgan fingerprint density at radius 3 is 2.40 bits per heavy atom. The highest BCUT2D eigenvalue weighted by Crippen LogP contribution is 2.14. The van der Waals surface area contributed by atoms with Crippen molar-refractivity contribution in [2.24, 2.45) is 0 Å². The maximum atomic E-state index is 11.5. The van der Waals surface area contributed by atoms with Gasteiger partial charge in [0.25, 0.3) is 0 Å². The first-order chi connectivity index (χ1) is 12.1. The summed E-state index contributed by atoms with van der Waals surface area (Å²) >= 11 is 5.09. The van der Waals surface area contributed by atoms with Crippen LogP contribution >= 0.6 is 12.2 Å². The van der Waals surface area contributed by atoms with E-state index in [1.165, 1.54) is 5.56 Å². The first kappa shape index (κ1) is 19.1. The number of carbonyl (C=O) groups excluding carboxylic acids is 1. The highest BCUT2D eigenvalue weighted by atomic mass is 32.1. The lowest BCUT2D eigenvalue weighted by Crippen LogP contribution is -2.17. The van der Waals surface area contributed by atoms with Crippen LogP contribution in [-0.4, -0.2) is 29.0 Å².